The lowest BCUT2D eigenvalue weighted by molar-refractivity contribution is 0.141. The standard InChI is InChI=1S/C12H14O2/c1-2-5-10(13)12-8-9-6-3-4-7-11(9)14-12/h3-4,6-8,10,13H,2,5H2,1H3/t10-/m1/s1. The second kappa shape index (κ2) is 3.84. The first-order chi connectivity index (χ1) is 6.81. The van der Waals surface area contributed by atoms with Gasteiger partial charge in [-0.1, -0.05) is 31.5 Å². The van der Waals surface area contributed by atoms with Crippen LogP contribution in [-0.2, 0) is 0 Å². The summed E-state index contributed by atoms with van der Waals surface area (Å²) in [6, 6.07) is 9.71. The van der Waals surface area contributed by atoms with E-state index in [1.807, 2.05) is 37.3 Å². The zero-order valence-electron chi connectivity index (χ0n) is 8.23. The number of para-hydroxylation sites is 1. The van der Waals surface area contributed by atoms with Crippen molar-refractivity contribution < 1.29 is 9.52 Å². The van der Waals surface area contributed by atoms with E-state index in [9.17, 15) is 5.11 Å². The van der Waals surface area contributed by atoms with Gasteiger partial charge in [0.2, 0.25) is 0 Å². The third-order valence-corrected chi connectivity index (χ3v) is 2.34. The zero-order valence-corrected chi connectivity index (χ0v) is 8.23. The quantitative estimate of drug-likeness (QED) is 0.805. The highest BCUT2D eigenvalue weighted by molar-refractivity contribution is 5.77. The number of benzene rings is 1. The molecule has 2 nitrogen and oxygen atoms in total. The zero-order chi connectivity index (χ0) is 9.97. The minimum absolute atomic E-state index is 0.465. The van der Waals surface area contributed by atoms with Gasteiger partial charge < -0.3 is 9.52 Å². The van der Waals surface area contributed by atoms with Crippen molar-refractivity contribution in [1.29, 1.82) is 0 Å². The van der Waals surface area contributed by atoms with E-state index >= 15 is 0 Å². The predicted octanol–water partition coefficient (Wildman–Crippen LogP) is 3.27. The first-order valence-electron chi connectivity index (χ1n) is 4.98. The van der Waals surface area contributed by atoms with Crippen molar-refractivity contribution in [2.45, 2.75) is 25.9 Å². The van der Waals surface area contributed by atoms with Gasteiger partial charge >= 0.3 is 0 Å². The van der Waals surface area contributed by atoms with Crippen LogP contribution in [0.25, 0.3) is 11.0 Å². The van der Waals surface area contributed by atoms with Gasteiger partial charge in [-0.2, -0.15) is 0 Å². The van der Waals surface area contributed by atoms with E-state index in [1.165, 1.54) is 0 Å². The van der Waals surface area contributed by atoms with E-state index in [-0.39, 0.29) is 0 Å². The van der Waals surface area contributed by atoms with Crippen LogP contribution in [0.2, 0.25) is 0 Å². The molecule has 0 spiro atoms. The van der Waals surface area contributed by atoms with Crippen molar-refractivity contribution in [2.75, 3.05) is 0 Å². The molecule has 0 aliphatic rings. The van der Waals surface area contributed by atoms with Gasteiger partial charge in [0, 0.05) is 5.39 Å². The van der Waals surface area contributed by atoms with Crippen molar-refractivity contribution in [1.82, 2.24) is 0 Å². The maximum absolute atomic E-state index is 9.73. The summed E-state index contributed by atoms with van der Waals surface area (Å²) in [5.74, 6) is 0.674. The lowest BCUT2D eigenvalue weighted by Crippen LogP contribution is -1.93. The molecule has 0 radical (unpaired) electrons. The number of hydrogen-bond donors (Lipinski definition) is 1. The van der Waals surface area contributed by atoms with E-state index in [0.717, 1.165) is 23.8 Å². The average Bonchev–Trinajstić information content (AvgIpc) is 2.61. The Kier molecular flexibility index (Phi) is 2.55. The highest BCUT2D eigenvalue weighted by Crippen LogP contribution is 2.25. The topological polar surface area (TPSA) is 33.4 Å². The highest BCUT2D eigenvalue weighted by Gasteiger charge is 2.11. The molecule has 1 N–H and O–H groups in total. The molecule has 1 aromatic heterocycles. The Labute approximate surface area is 83.2 Å². The summed E-state index contributed by atoms with van der Waals surface area (Å²) in [6.45, 7) is 2.05. The fourth-order valence-electron chi connectivity index (χ4n) is 1.58. The molecule has 0 fully saturated rings. The van der Waals surface area contributed by atoms with Gasteiger partial charge in [0.05, 0.1) is 0 Å². The Hall–Kier alpha value is -1.28. The van der Waals surface area contributed by atoms with Crippen molar-refractivity contribution in [3.63, 3.8) is 0 Å². The molecule has 0 unspecified atom stereocenters. The molecule has 2 heteroatoms. The molecule has 74 valence electrons. The molecule has 0 aliphatic carbocycles. The van der Waals surface area contributed by atoms with E-state index in [4.69, 9.17) is 4.42 Å². The molecule has 1 heterocycles. The SMILES string of the molecule is CCC[C@@H](O)c1cc2ccccc2o1. The average molecular weight is 190 g/mol. The Morgan fingerprint density at radius 1 is 1.36 bits per heavy atom. The molecule has 2 rings (SSSR count). The molecule has 0 bridgehead atoms. The Balaban J connectivity index is 2.35. The number of fused-ring (bicyclic) bond motifs is 1. The summed E-state index contributed by atoms with van der Waals surface area (Å²) in [6.07, 6.45) is 1.24. The summed E-state index contributed by atoms with van der Waals surface area (Å²) in [5.41, 5.74) is 0.845. The molecule has 0 aliphatic heterocycles. The number of aliphatic hydroxyl groups is 1. The molecule has 0 amide bonds. The smallest absolute Gasteiger partial charge is 0.134 e. The number of aliphatic hydroxyl groups excluding tert-OH is 1. The fourth-order valence-corrected chi connectivity index (χ4v) is 1.58. The maximum atomic E-state index is 9.73. The van der Waals surface area contributed by atoms with Crippen molar-refractivity contribution in [3.05, 3.63) is 36.1 Å². The fraction of sp³-hybridized carbons (Fsp3) is 0.333. The second-order valence-electron chi connectivity index (χ2n) is 3.49. The van der Waals surface area contributed by atoms with Crippen LogP contribution in [0, 0.1) is 0 Å². The first-order valence-corrected chi connectivity index (χ1v) is 4.98. The molecular formula is C12H14O2. The lowest BCUT2D eigenvalue weighted by atomic mass is 10.1. The molecule has 0 saturated heterocycles. The van der Waals surface area contributed by atoms with Crippen LogP contribution in [-0.4, -0.2) is 5.11 Å². The summed E-state index contributed by atoms with van der Waals surface area (Å²) >= 11 is 0. The molecule has 14 heavy (non-hydrogen) atoms. The van der Waals surface area contributed by atoms with E-state index in [1.54, 1.807) is 0 Å². The van der Waals surface area contributed by atoms with Gasteiger partial charge in [-0.05, 0) is 18.6 Å². The molecule has 1 aromatic carbocycles. The normalized spacial score (nSPS) is 13.3. The van der Waals surface area contributed by atoms with E-state index < -0.39 is 6.10 Å². The van der Waals surface area contributed by atoms with Crippen LogP contribution in [0.1, 0.15) is 31.6 Å². The van der Waals surface area contributed by atoms with Crippen LogP contribution >= 0.6 is 0 Å². The van der Waals surface area contributed by atoms with E-state index in [2.05, 4.69) is 0 Å². The van der Waals surface area contributed by atoms with Crippen LogP contribution in [0.4, 0.5) is 0 Å². The van der Waals surface area contributed by atoms with Gasteiger partial charge in [-0.15, -0.1) is 0 Å². The largest absolute Gasteiger partial charge is 0.458 e. The molecule has 1 atom stereocenters. The number of hydrogen-bond acceptors (Lipinski definition) is 2. The Morgan fingerprint density at radius 3 is 2.86 bits per heavy atom. The lowest BCUT2D eigenvalue weighted by Gasteiger charge is -2.03. The number of rotatable bonds is 3. The van der Waals surface area contributed by atoms with Gasteiger partial charge in [-0.3, -0.25) is 0 Å². The minimum atomic E-state index is -0.465. The van der Waals surface area contributed by atoms with Crippen LogP contribution in [0.15, 0.2) is 34.7 Å². The second-order valence-corrected chi connectivity index (χ2v) is 3.49. The Bertz CT molecular complexity index is 384. The summed E-state index contributed by atoms with van der Waals surface area (Å²) in [5, 5.41) is 10.8. The van der Waals surface area contributed by atoms with Gasteiger partial charge in [-0.25, -0.2) is 0 Å². The summed E-state index contributed by atoms with van der Waals surface area (Å²) in [4.78, 5) is 0. The van der Waals surface area contributed by atoms with Crippen molar-refractivity contribution in [3.8, 4) is 0 Å². The third-order valence-electron chi connectivity index (χ3n) is 2.34. The predicted molar refractivity (Wildman–Crippen MR) is 56.1 cm³/mol. The monoisotopic (exact) mass is 190 g/mol. The number of furan rings is 1. The van der Waals surface area contributed by atoms with Crippen LogP contribution < -0.4 is 0 Å². The van der Waals surface area contributed by atoms with Gasteiger partial charge in [0.25, 0.3) is 0 Å². The maximum Gasteiger partial charge on any atom is 0.134 e. The van der Waals surface area contributed by atoms with Gasteiger partial charge in [0.1, 0.15) is 17.4 Å². The van der Waals surface area contributed by atoms with Crippen LogP contribution in [0.3, 0.4) is 0 Å². The Morgan fingerprint density at radius 2 is 2.14 bits per heavy atom. The molecule has 2 aromatic rings. The minimum Gasteiger partial charge on any atom is -0.458 e. The van der Waals surface area contributed by atoms with Crippen molar-refractivity contribution >= 4 is 11.0 Å². The highest BCUT2D eigenvalue weighted by atomic mass is 16.4. The van der Waals surface area contributed by atoms with Gasteiger partial charge in [0.15, 0.2) is 0 Å². The van der Waals surface area contributed by atoms with Crippen LogP contribution in [0.5, 0.6) is 0 Å². The molecular weight excluding hydrogens is 176 g/mol. The van der Waals surface area contributed by atoms with E-state index in [0.29, 0.717) is 5.76 Å². The summed E-state index contributed by atoms with van der Waals surface area (Å²) < 4.78 is 5.53. The third kappa shape index (κ3) is 1.66. The molecule has 0 saturated carbocycles. The first kappa shape index (κ1) is 9.28. The van der Waals surface area contributed by atoms with Crippen molar-refractivity contribution in [2.24, 2.45) is 0 Å². The summed E-state index contributed by atoms with van der Waals surface area (Å²) in [7, 11) is 0.